The van der Waals surface area contributed by atoms with Gasteiger partial charge in [-0.05, 0) is 42.0 Å². The maximum atomic E-state index is 12.5. The molecule has 124 valence electrons. The first-order chi connectivity index (χ1) is 11.4. The summed E-state index contributed by atoms with van der Waals surface area (Å²) in [6, 6.07) is 12.7. The molecule has 0 aliphatic rings. The molecule has 3 N–H and O–H groups in total. The number of aromatic nitrogens is 1. The molecule has 24 heavy (non-hydrogen) atoms. The van der Waals surface area contributed by atoms with Crippen molar-refractivity contribution in [3.05, 3.63) is 65.9 Å². The van der Waals surface area contributed by atoms with Crippen molar-refractivity contribution in [3.8, 4) is 0 Å². The molecule has 3 nitrogen and oxygen atoms in total. The van der Waals surface area contributed by atoms with Gasteiger partial charge >= 0.3 is 6.18 Å². The van der Waals surface area contributed by atoms with Gasteiger partial charge in [-0.15, -0.1) is 0 Å². The lowest BCUT2D eigenvalue weighted by atomic mass is 10.1. The Kier molecular flexibility index (Phi) is 4.53. The quantitative estimate of drug-likeness (QED) is 0.512. The molecular weight excluding hydrogens is 335 g/mol. The predicted molar refractivity (Wildman–Crippen MR) is 92.3 cm³/mol. The molecule has 0 bridgehead atoms. The van der Waals surface area contributed by atoms with E-state index >= 15 is 0 Å². The van der Waals surface area contributed by atoms with Gasteiger partial charge in [-0.2, -0.15) is 13.2 Å². The van der Waals surface area contributed by atoms with Gasteiger partial charge in [0.05, 0.1) is 11.3 Å². The van der Waals surface area contributed by atoms with E-state index in [9.17, 15) is 13.2 Å². The summed E-state index contributed by atoms with van der Waals surface area (Å²) >= 11 is 1.28. The predicted octanol–water partition coefficient (Wildman–Crippen LogP) is 5.07. The van der Waals surface area contributed by atoms with Gasteiger partial charge in [0.15, 0.2) is 5.17 Å². The van der Waals surface area contributed by atoms with Crippen molar-refractivity contribution < 1.29 is 13.2 Å². The van der Waals surface area contributed by atoms with Crippen LogP contribution in [0.1, 0.15) is 11.1 Å². The first-order valence-corrected chi connectivity index (χ1v) is 8.10. The minimum absolute atomic E-state index is 0.366. The molecule has 0 spiro atoms. The molecule has 0 saturated heterocycles. The smallest absolute Gasteiger partial charge is 0.378 e. The highest BCUT2D eigenvalue weighted by Gasteiger charge is 2.29. The number of aromatic amines is 1. The number of hydrogen-bond donors (Lipinski definition) is 2. The van der Waals surface area contributed by atoms with Crippen molar-refractivity contribution in [2.75, 3.05) is 0 Å². The number of H-pyrrole nitrogens is 1. The van der Waals surface area contributed by atoms with Gasteiger partial charge in [0.1, 0.15) is 0 Å². The van der Waals surface area contributed by atoms with E-state index < -0.39 is 11.7 Å². The summed E-state index contributed by atoms with van der Waals surface area (Å²) in [5.41, 5.74) is 7.75. The van der Waals surface area contributed by atoms with Crippen LogP contribution in [-0.4, -0.2) is 10.2 Å². The number of benzene rings is 2. The lowest BCUT2D eigenvalue weighted by Crippen LogP contribution is -2.07. The fraction of sp³-hybridized carbons (Fsp3) is 0.118. The topological polar surface area (TPSA) is 54.2 Å². The van der Waals surface area contributed by atoms with E-state index in [-0.39, 0.29) is 0 Å². The molecule has 0 radical (unpaired) electrons. The third-order valence-electron chi connectivity index (χ3n) is 3.44. The lowest BCUT2D eigenvalue weighted by molar-refractivity contribution is -0.137. The number of nitrogens with zero attached hydrogens (tertiary/aromatic N) is 1. The number of fused-ring (bicyclic) bond motifs is 1. The van der Waals surface area contributed by atoms with Crippen LogP contribution in [0.5, 0.6) is 0 Å². The van der Waals surface area contributed by atoms with E-state index in [4.69, 9.17) is 5.73 Å². The normalized spacial score (nSPS) is 12.7. The molecule has 2 aromatic carbocycles. The molecule has 3 aromatic rings. The number of rotatable bonds is 3. The van der Waals surface area contributed by atoms with Crippen molar-refractivity contribution >= 4 is 33.5 Å². The maximum Gasteiger partial charge on any atom is 0.416 e. The minimum atomic E-state index is -4.32. The number of alkyl halides is 3. The van der Waals surface area contributed by atoms with Gasteiger partial charge in [-0.25, -0.2) is 4.99 Å². The molecule has 0 fully saturated rings. The summed E-state index contributed by atoms with van der Waals surface area (Å²) in [4.78, 5) is 7.42. The third kappa shape index (κ3) is 3.91. The minimum Gasteiger partial charge on any atom is -0.378 e. The van der Waals surface area contributed by atoms with E-state index in [2.05, 4.69) is 9.98 Å². The molecule has 0 atom stereocenters. The number of nitrogens with one attached hydrogen (secondary N) is 1. The van der Waals surface area contributed by atoms with Crippen molar-refractivity contribution in [2.24, 2.45) is 10.7 Å². The summed E-state index contributed by atoms with van der Waals surface area (Å²) < 4.78 is 37.6. The second kappa shape index (κ2) is 6.60. The van der Waals surface area contributed by atoms with Crippen molar-refractivity contribution in [1.29, 1.82) is 0 Å². The Morgan fingerprint density at radius 1 is 1.08 bits per heavy atom. The zero-order valence-corrected chi connectivity index (χ0v) is 13.3. The SMILES string of the molecule is NC(=Nc1ccc2[nH]ccc2c1)SCc1ccc(C(F)(F)F)cc1. The van der Waals surface area contributed by atoms with Crippen LogP contribution in [0.15, 0.2) is 59.7 Å². The summed E-state index contributed by atoms with van der Waals surface area (Å²) in [6.45, 7) is 0. The standard InChI is InChI=1S/C17H14F3N3S/c18-17(19,20)13-3-1-11(2-4-13)10-24-16(21)23-14-5-6-15-12(9-14)7-8-22-15/h1-9,22H,10H2,(H2,21,23). The number of aliphatic imine (C=N–C) groups is 1. The Bertz CT molecular complexity index is 867. The molecule has 3 rings (SSSR count). The molecular formula is C17H14F3N3S. The average molecular weight is 349 g/mol. The molecule has 0 aliphatic carbocycles. The van der Waals surface area contributed by atoms with Gasteiger partial charge in [0.2, 0.25) is 0 Å². The van der Waals surface area contributed by atoms with Gasteiger partial charge in [-0.1, -0.05) is 23.9 Å². The molecule has 0 unspecified atom stereocenters. The molecule has 1 aromatic heterocycles. The fourth-order valence-corrected chi connectivity index (χ4v) is 2.89. The Morgan fingerprint density at radius 2 is 1.83 bits per heavy atom. The van der Waals surface area contributed by atoms with E-state index in [0.29, 0.717) is 10.9 Å². The second-order valence-electron chi connectivity index (χ2n) is 5.18. The molecule has 1 heterocycles. The van der Waals surface area contributed by atoms with Crippen LogP contribution in [0.2, 0.25) is 0 Å². The highest BCUT2D eigenvalue weighted by atomic mass is 32.2. The molecule has 0 saturated carbocycles. The molecule has 0 amide bonds. The highest BCUT2D eigenvalue weighted by Crippen LogP contribution is 2.29. The van der Waals surface area contributed by atoms with E-state index in [1.807, 2.05) is 30.5 Å². The number of hydrogen-bond acceptors (Lipinski definition) is 2. The van der Waals surface area contributed by atoms with E-state index in [1.54, 1.807) is 0 Å². The number of thioether (sulfide) groups is 1. The third-order valence-corrected chi connectivity index (χ3v) is 4.31. The van der Waals surface area contributed by atoms with Crippen molar-refractivity contribution in [3.63, 3.8) is 0 Å². The maximum absolute atomic E-state index is 12.5. The monoisotopic (exact) mass is 349 g/mol. The highest BCUT2D eigenvalue weighted by molar-refractivity contribution is 8.13. The van der Waals surface area contributed by atoms with Crippen LogP contribution in [0.3, 0.4) is 0 Å². The van der Waals surface area contributed by atoms with Crippen LogP contribution in [0, 0.1) is 0 Å². The summed E-state index contributed by atoms with van der Waals surface area (Å²) in [6.07, 6.45) is -2.47. The number of amidine groups is 1. The van der Waals surface area contributed by atoms with Crippen LogP contribution in [0.4, 0.5) is 18.9 Å². The Hall–Kier alpha value is -2.41. The van der Waals surface area contributed by atoms with Crippen molar-refractivity contribution in [1.82, 2.24) is 4.98 Å². The first kappa shape index (κ1) is 16.4. The Morgan fingerprint density at radius 3 is 2.54 bits per heavy atom. The van der Waals surface area contributed by atoms with Crippen LogP contribution in [-0.2, 0) is 11.9 Å². The fourth-order valence-electron chi connectivity index (χ4n) is 2.22. The zero-order chi connectivity index (χ0) is 17.2. The summed E-state index contributed by atoms with van der Waals surface area (Å²) in [7, 11) is 0. The first-order valence-electron chi connectivity index (χ1n) is 7.12. The Labute approximate surface area is 140 Å². The van der Waals surface area contributed by atoms with Gasteiger partial charge < -0.3 is 10.7 Å². The summed E-state index contributed by atoms with van der Waals surface area (Å²) in [5, 5.41) is 1.40. The van der Waals surface area contributed by atoms with E-state index in [0.717, 1.165) is 34.3 Å². The number of halogens is 3. The van der Waals surface area contributed by atoms with Gasteiger partial charge in [0.25, 0.3) is 0 Å². The van der Waals surface area contributed by atoms with Crippen LogP contribution >= 0.6 is 11.8 Å². The Balaban J connectivity index is 1.65. The molecule has 7 heteroatoms. The largest absolute Gasteiger partial charge is 0.416 e. The van der Waals surface area contributed by atoms with E-state index in [1.165, 1.54) is 23.9 Å². The molecule has 0 aliphatic heterocycles. The average Bonchev–Trinajstić information content (AvgIpc) is 3.00. The van der Waals surface area contributed by atoms with Gasteiger partial charge in [-0.3, -0.25) is 0 Å². The van der Waals surface area contributed by atoms with Crippen molar-refractivity contribution in [2.45, 2.75) is 11.9 Å². The van der Waals surface area contributed by atoms with Gasteiger partial charge in [0, 0.05) is 22.9 Å². The number of nitrogens with two attached hydrogens (primary N) is 1. The van der Waals surface area contributed by atoms with Crippen LogP contribution < -0.4 is 5.73 Å². The second-order valence-corrected chi connectivity index (χ2v) is 6.18. The van der Waals surface area contributed by atoms with Crippen LogP contribution in [0.25, 0.3) is 10.9 Å². The summed E-state index contributed by atoms with van der Waals surface area (Å²) in [5.74, 6) is 0.458. The lowest BCUT2D eigenvalue weighted by Gasteiger charge is -2.07. The zero-order valence-electron chi connectivity index (χ0n) is 12.5.